The van der Waals surface area contributed by atoms with Gasteiger partial charge in [-0.25, -0.2) is 15.0 Å². The van der Waals surface area contributed by atoms with Crippen molar-refractivity contribution in [3.63, 3.8) is 0 Å². The van der Waals surface area contributed by atoms with Crippen LogP contribution in [-0.2, 0) is 7.05 Å². The van der Waals surface area contributed by atoms with Gasteiger partial charge in [-0.3, -0.25) is 4.79 Å². The topological polar surface area (TPSA) is 92.9 Å². The summed E-state index contributed by atoms with van der Waals surface area (Å²) in [5, 5.41) is 10.1. The van der Waals surface area contributed by atoms with E-state index in [1.54, 1.807) is 18.6 Å². The van der Waals surface area contributed by atoms with E-state index < -0.39 is 0 Å². The quantitative estimate of drug-likeness (QED) is 0.897. The first kappa shape index (κ1) is 18.1. The van der Waals surface area contributed by atoms with E-state index in [0.717, 1.165) is 31.3 Å². The smallest absolute Gasteiger partial charge is 0.270 e. The van der Waals surface area contributed by atoms with Crippen molar-refractivity contribution in [1.82, 2.24) is 24.8 Å². The SMILES string of the molecule is CO.Cc1cc(C(=O)NC2CCCCC2)nc(-c2cncn2C)n1.[HH]. The molecule has 3 rings (SSSR count). The minimum atomic E-state index is -0.110. The molecule has 0 bridgehead atoms. The van der Waals surface area contributed by atoms with Crippen LogP contribution in [0.4, 0.5) is 0 Å². The number of aryl methyl sites for hydroxylation is 2. The Balaban J connectivity index is 0.00000101. The largest absolute Gasteiger partial charge is 0.400 e. The molecule has 2 N–H and O–H groups in total. The van der Waals surface area contributed by atoms with Crippen LogP contribution in [0, 0.1) is 6.92 Å². The first-order chi connectivity index (χ1) is 11.6. The maximum absolute atomic E-state index is 12.4. The fourth-order valence-corrected chi connectivity index (χ4v) is 2.88. The maximum atomic E-state index is 12.4. The molecule has 0 unspecified atom stereocenters. The van der Waals surface area contributed by atoms with Crippen LogP contribution < -0.4 is 5.32 Å². The summed E-state index contributed by atoms with van der Waals surface area (Å²) in [6.07, 6.45) is 9.17. The number of aromatic nitrogens is 4. The summed E-state index contributed by atoms with van der Waals surface area (Å²) in [7, 11) is 2.88. The summed E-state index contributed by atoms with van der Waals surface area (Å²) in [5.74, 6) is 0.426. The van der Waals surface area contributed by atoms with Gasteiger partial charge in [0.1, 0.15) is 11.4 Å². The highest BCUT2D eigenvalue weighted by Gasteiger charge is 2.19. The molecule has 7 heteroatoms. The summed E-state index contributed by atoms with van der Waals surface area (Å²) >= 11 is 0. The third-order valence-electron chi connectivity index (χ3n) is 4.07. The van der Waals surface area contributed by atoms with E-state index in [9.17, 15) is 4.79 Å². The normalized spacial score (nSPS) is 14.7. The zero-order valence-corrected chi connectivity index (χ0v) is 14.5. The van der Waals surface area contributed by atoms with Gasteiger partial charge in [0, 0.05) is 27.3 Å². The lowest BCUT2D eigenvalue weighted by atomic mass is 9.95. The molecule has 0 spiro atoms. The Bertz CT molecular complexity index is 683. The number of nitrogens with one attached hydrogen (secondary N) is 1. The molecule has 1 fully saturated rings. The average molecular weight is 333 g/mol. The summed E-state index contributed by atoms with van der Waals surface area (Å²) in [5.41, 5.74) is 2.00. The van der Waals surface area contributed by atoms with E-state index in [1.165, 1.54) is 19.3 Å². The zero-order valence-electron chi connectivity index (χ0n) is 14.5. The van der Waals surface area contributed by atoms with Crippen LogP contribution in [0.15, 0.2) is 18.6 Å². The van der Waals surface area contributed by atoms with Gasteiger partial charge in [0.05, 0.1) is 12.5 Å². The molecule has 1 amide bonds. The number of rotatable bonds is 3. The summed E-state index contributed by atoms with van der Waals surface area (Å²) in [6.45, 7) is 1.87. The van der Waals surface area contributed by atoms with Crippen molar-refractivity contribution in [3.8, 4) is 11.5 Å². The second kappa shape index (κ2) is 8.54. The molecule has 0 atom stereocenters. The van der Waals surface area contributed by atoms with Crippen LogP contribution in [0.3, 0.4) is 0 Å². The Morgan fingerprint density at radius 2 is 2.00 bits per heavy atom. The van der Waals surface area contributed by atoms with Gasteiger partial charge in [0.2, 0.25) is 0 Å². The third-order valence-corrected chi connectivity index (χ3v) is 4.07. The number of carbonyl (C=O) groups excluding carboxylic acids is 1. The van der Waals surface area contributed by atoms with Crippen LogP contribution in [0.1, 0.15) is 49.7 Å². The van der Waals surface area contributed by atoms with Crippen LogP contribution in [0.25, 0.3) is 11.5 Å². The number of hydrogen-bond acceptors (Lipinski definition) is 5. The van der Waals surface area contributed by atoms with Crippen molar-refractivity contribution in [2.24, 2.45) is 7.05 Å². The summed E-state index contributed by atoms with van der Waals surface area (Å²) < 4.78 is 1.84. The van der Waals surface area contributed by atoms with Gasteiger partial charge >= 0.3 is 0 Å². The lowest BCUT2D eigenvalue weighted by Gasteiger charge is -2.22. The van der Waals surface area contributed by atoms with Crippen molar-refractivity contribution in [2.75, 3.05) is 7.11 Å². The molecule has 0 aromatic carbocycles. The number of aliphatic hydroxyl groups excluding tert-OH is 1. The number of aliphatic hydroxyl groups is 1. The molecular formula is C17H27N5O2. The Labute approximate surface area is 143 Å². The second-order valence-corrected chi connectivity index (χ2v) is 5.92. The highest BCUT2D eigenvalue weighted by molar-refractivity contribution is 5.92. The van der Waals surface area contributed by atoms with Gasteiger partial charge in [-0.2, -0.15) is 0 Å². The molecule has 2 aromatic heterocycles. The van der Waals surface area contributed by atoms with Gasteiger partial charge in [0.15, 0.2) is 5.82 Å². The maximum Gasteiger partial charge on any atom is 0.270 e. The Morgan fingerprint density at radius 1 is 1.29 bits per heavy atom. The van der Waals surface area contributed by atoms with E-state index in [0.29, 0.717) is 11.5 Å². The van der Waals surface area contributed by atoms with Gasteiger partial charge in [-0.1, -0.05) is 19.3 Å². The molecule has 2 heterocycles. The molecule has 1 aliphatic rings. The highest BCUT2D eigenvalue weighted by Crippen LogP contribution is 2.18. The number of imidazole rings is 1. The first-order valence-corrected chi connectivity index (χ1v) is 8.21. The predicted octanol–water partition coefficient (Wildman–Crippen LogP) is 2.10. The van der Waals surface area contributed by atoms with Crippen LogP contribution in [-0.4, -0.2) is 43.7 Å². The first-order valence-electron chi connectivity index (χ1n) is 8.21. The Kier molecular flexibility index (Phi) is 6.43. The lowest BCUT2D eigenvalue weighted by molar-refractivity contribution is 0.0922. The van der Waals surface area contributed by atoms with Crippen molar-refractivity contribution in [3.05, 3.63) is 30.0 Å². The molecule has 0 saturated heterocycles. The molecular weight excluding hydrogens is 306 g/mol. The van der Waals surface area contributed by atoms with Crippen molar-refractivity contribution >= 4 is 5.91 Å². The minimum Gasteiger partial charge on any atom is -0.400 e. The Morgan fingerprint density at radius 3 is 2.62 bits per heavy atom. The van der Waals surface area contributed by atoms with Gasteiger partial charge < -0.3 is 15.0 Å². The van der Waals surface area contributed by atoms with E-state index in [1.807, 2.05) is 18.5 Å². The molecule has 2 aromatic rings. The summed E-state index contributed by atoms with van der Waals surface area (Å²) in [4.78, 5) is 25.4. The van der Waals surface area contributed by atoms with E-state index in [-0.39, 0.29) is 13.4 Å². The van der Waals surface area contributed by atoms with Crippen molar-refractivity contribution in [2.45, 2.75) is 45.1 Å². The molecule has 0 aliphatic heterocycles. The predicted molar refractivity (Wildman–Crippen MR) is 93.6 cm³/mol. The highest BCUT2D eigenvalue weighted by atomic mass is 16.2. The van der Waals surface area contributed by atoms with E-state index in [2.05, 4.69) is 20.3 Å². The molecule has 0 radical (unpaired) electrons. The van der Waals surface area contributed by atoms with Gasteiger partial charge in [-0.05, 0) is 25.8 Å². The number of carbonyl (C=O) groups is 1. The Hall–Kier alpha value is -2.28. The van der Waals surface area contributed by atoms with E-state index in [4.69, 9.17) is 5.11 Å². The van der Waals surface area contributed by atoms with Gasteiger partial charge in [0.25, 0.3) is 5.91 Å². The molecule has 7 nitrogen and oxygen atoms in total. The fourth-order valence-electron chi connectivity index (χ4n) is 2.88. The zero-order chi connectivity index (χ0) is 17.5. The molecule has 132 valence electrons. The second-order valence-electron chi connectivity index (χ2n) is 5.92. The van der Waals surface area contributed by atoms with Crippen LogP contribution in [0.5, 0.6) is 0 Å². The third kappa shape index (κ3) is 4.38. The average Bonchev–Trinajstić information content (AvgIpc) is 3.03. The fraction of sp³-hybridized carbons (Fsp3) is 0.529. The monoisotopic (exact) mass is 333 g/mol. The van der Waals surface area contributed by atoms with E-state index >= 15 is 0 Å². The molecule has 1 aliphatic carbocycles. The standard InChI is InChI=1S/C16H21N5O.CH4O.H2/c1-11-8-13(16(22)19-12-6-4-3-5-7-12)20-15(18-11)14-9-17-10-21(14)2;1-2;/h8-10,12H,3-7H2,1-2H3,(H,19,22);2H,1H3;1H. The number of amides is 1. The molecule has 24 heavy (non-hydrogen) atoms. The molecule has 1 saturated carbocycles. The number of nitrogens with zero attached hydrogens (tertiary/aromatic N) is 4. The van der Waals surface area contributed by atoms with Crippen molar-refractivity contribution in [1.29, 1.82) is 0 Å². The number of hydrogen-bond donors (Lipinski definition) is 2. The van der Waals surface area contributed by atoms with Crippen LogP contribution >= 0.6 is 0 Å². The van der Waals surface area contributed by atoms with Crippen LogP contribution in [0.2, 0.25) is 0 Å². The minimum absolute atomic E-state index is 0. The van der Waals surface area contributed by atoms with Crippen molar-refractivity contribution < 1.29 is 11.3 Å². The summed E-state index contributed by atoms with van der Waals surface area (Å²) in [6, 6.07) is 2.01. The van der Waals surface area contributed by atoms with Gasteiger partial charge in [-0.15, -0.1) is 0 Å². The lowest BCUT2D eigenvalue weighted by Crippen LogP contribution is -2.36.